The van der Waals surface area contributed by atoms with Crippen LogP contribution in [0.4, 0.5) is 0 Å². The number of carbonyl (C=O) groups is 2. The maximum absolute atomic E-state index is 12.0. The van der Waals surface area contributed by atoms with Crippen LogP contribution < -0.4 is 0 Å². The summed E-state index contributed by atoms with van der Waals surface area (Å²) < 4.78 is 5.07. The van der Waals surface area contributed by atoms with E-state index in [-0.39, 0.29) is 16.8 Å². The van der Waals surface area contributed by atoms with E-state index in [0.717, 1.165) is 18.3 Å². The lowest BCUT2D eigenvalue weighted by Gasteiger charge is -2.42. The Morgan fingerprint density at radius 3 is 2.28 bits per heavy atom. The molecule has 0 spiro atoms. The van der Waals surface area contributed by atoms with Gasteiger partial charge in [-0.05, 0) is 71.1 Å². The molecule has 1 aliphatic rings. The van der Waals surface area contributed by atoms with Crippen molar-refractivity contribution >= 4 is 23.9 Å². The van der Waals surface area contributed by atoms with E-state index < -0.39 is 0 Å². The highest BCUT2D eigenvalue weighted by Gasteiger charge is 2.36. The van der Waals surface area contributed by atoms with Crippen LogP contribution in [-0.4, -0.2) is 18.9 Å². The van der Waals surface area contributed by atoms with Gasteiger partial charge in [0.1, 0.15) is 0 Å². The van der Waals surface area contributed by atoms with Gasteiger partial charge in [-0.25, -0.2) is 4.79 Å². The van der Waals surface area contributed by atoms with Gasteiger partial charge in [-0.1, -0.05) is 58.0 Å². The maximum atomic E-state index is 12.0. The highest BCUT2D eigenvalue weighted by atomic mass is 16.5. The van der Waals surface area contributed by atoms with Crippen LogP contribution in [0.2, 0.25) is 0 Å². The van der Waals surface area contributed by atoms with Gasteiger partial charge in [-0.15, -0.1) is 0 Å². The molecule has 152 valence electrons. The molecule has 29 heavy (non-hydrogen) atoms. The first-order valence-electron chi connectivity index (χ1n) is 10.3. The van der Waals surface area contributed by atoms with Gasteiger partial charge >= 0.3 is 5.97 Å². The predicted molar refractivity (Wildman–Crippen MR) is 118 cm³/mol. The first-order valence-corrected chi connectivity index (χ1v) is 10.3. The molecule has 0 fully saturated rings. The third-order valence-electron chi connectivity index (χ3n) is 6.03. The zero-order valence-corrected chi connectivity index (χ0v) is 18.0. The van der Waals surface area contributed by atoms with Gasteiger partial charge in [-0.2, -0.15) is 0 Å². The van der Waals surface area contributed by atoms with Crippen molar-refractivity contribution in [2.45, 2.75) is 58.3 Å². The van der Waals surface area contributed by atoms with Crippen molar-refractivity contribution in [3.63, 3.8) is 0 Å². The van der Waals surface area contributed by atoms with Crippen molar-refractivity contribution in [3.8, 4) is 0 Å². The van der Waals surface area contributed by atoms with Gasteiger partial charge in [0.25, 0.3) is 0 Å². The molecule has 2 aromatic rings. The lowest BCUT2D eigenvalue weighted by molar-refractivity contribution is -0.103. The zero-order chi connectivity index (χ0) is 21.2. The molecule has 1 aliphatic carbocycles. The topological polar surface area (TPSA) is 43.4 Å². The first kappa shape index (κ1) is 21.0. The number of rotatable bonds is 5. The average Bonchev–Trinajstić information content (AvgIpc) is 2.70. The van der Waals surface area contributed by atoms with Crippen molar-refractivity contribution in [2.75, 3.05) is 6.61 Å². The Labute approximate surface area is 173 Å². The Balaban J connectivity index is 2.02. The number of fused-ring (bicyclic) bond motifs is 1. The van der Waals surface area contributed by atoms with Crippen LogP contribution in [0.1, 0.15) is 80.1 Å². The molecule has 0 saturated heterocycles. The summed E-state index contributed by atoms with van der Waals surface area (Å²) in [4.78, 5) is 23.9. The Morgan fingerprint density at radius 2 is 1.62 bits per heavy atom. The molecular weight excluding hydrogens is 360 g/mol. The summed E-state index contributed by atoms with van der Waals surface area (Å²) in [7, 11) is 0. The van der Waals surface area contributed by atoms with Crippen LogP contribution in [-0.2, 0) is 20.4 Å². The molecule has 0 aromatic heterocycles. The lowest BCUT2D eigenvalue weighted by Crippen LogP contribution is -2.33. The van der Waals surface area contributed by atoms with Gasteiger partial charge in [0.2, 0.25) is 0 Å². The Bertz CT molecular complexity index is 964. The second-order valence-electron chi connectivity index (χ2n) is 9.09. The van der Waals surface area contributed by atoms with Crippen molar-refractivity contribution < 1.29 is 14.3 Å². The van der Waals surface area contributed by atoms with Crippen LogP contribution in [0.25, 0.3) is 11.6 Å². The third kappa shape index (κ3) is 4.34. The van der Waals surface area contributed by atoms with E-state index in [2.05, 4.69) is 45.9 Å². The quantitative estimate of drug-likeness (QED) is 0.274. The minimum absolute atomic E-state index is 0.111. The second-order valence-corrected chi connectivity index (χ2v) is 9.09. The standard InChI is InChI=1S/C26H30O3/c1-6-29-24(28)20-9-7-8-19(16-20)21(17-27)14-18-10-11-22-23(15-18)26(4,5)13-12-25(22,2)3/h7-11,14-17H,6,12-13H2,1-5H3/b21-14+. The fourth-order valence-corrected chi connectivity index (χ4v) is 4.10. The number of esters is 1. The molecule has 0 bridgehead atoms. The van der Waals surface area contributed by atoms with Gasteiger partial charge in [0, 0.05) is 5.57 Å². The molecule has 3 heteroatoms. The Hall–Kier alpha value is -2.68. The van der Waals surface area contributed by atoms with Crippen LogP contribution in [0, 0.1) is 0 Å². The summed E-state index contributed by atoms with van der Waals surface area (Å²) in [5.74, 6) is -0.377. The summed E-state index contributed by atoms with van der Waals surface area (Å²) >= 11 is 0. The Kier molecular flexibility index (Phi) is 5.79. The fraction of sp³-hybridized carbons (Fsp3) is 0.385. The fourth-order valence-electron chi connectivity index (χ4n) is 4.10. The van der Waals surface area contributed by atoms with Crippen molar-refractivity contribution in [1.82, 2.24) is 0 Å². The lowest BCUT2D eigenvalue weighted by atomic mass is 9.63. The van der Waals surface area contributed by atoms with Crippen molar-refractivity contribution in [2.24, 2.45) is 0 Å². The van der Waals surface area contributed by atoms with E-state index in [1.807, 2.05) is 12.1 Å². The highest BCUT2D eigenvalue weighted by Crippen LogP contribution is 2.46. The monoisotopic (exact) mass is 390 g/mol. The number of ether oxygens (including phenoxy) is 1. The molecular formula is C26H30O3. The Morgan fingerprint density at radius 1 is 0.966 bits per heavy atom. The number of hydrogen-bond acceptors (Lipinski definition) is 3. The maximum Gasteiger partial charge on any atom is 0.338 e. The summed E-state index contributed by atoms with van der Waals surface area (Å²) in [6.07, 6.45) is 5.05. The molecule has 0 unspecified atom stereocenters. The number of benzene rings is 2. The summed E-state index contributed by atoms with van der Waals surface area (Å²) in [6.45, 7) is 11.3. The van der Waals surface area contributed by atoms with Crippen molar-refractivity contribution in [3.05, 3.63) is 70.3 Å². The SMILES string of the molecule is CCOC(=O)c1cccc(/C(C=O)=C/c2ccc3c(c2)C(C)(C)CCC3(C)C)c1. The number of aldehydes is 1. The summed E-state index contributed by atoms with van der Waals surface area (Å²) in [6, 6.07) is 13.5. The van der Waals surface area contributed by atoms with E-state index in [4.69, 9.17) is 4.74 Å². The minimum Gasteiger partial charge on any atom is -0.462 e. The van der Waals surface area contributed by atoms with Crippen LogP contribution >= 0.6 is 0 Å². The molecule has 2 aromatic carbocycles. The highest BCUT2D eigenvalue weighted by molar-refractivity contribution is 6.13. The van der Waals surface area contributed by atoms with Crippen molar-refractivity contribution in [1.29, 1.82) is 0 Å². The molecule has 0 N–H and O–H groups in total. The predicted octanol–water partition coefficient (Wildman–Crippen LogP) is 5.95. The largest absolute Gasteiger partial charge is 0.462 e. The third-order valence-corrected chi connectivity index (χ3v) is 6.03. The molecule has 0 atom stereocenters. The zero-order valence-electron chi connectivity index (χ0n) is 18.0. The normalized spacial score (nSPS) is 17.3. The van der Waals surface area contributed by atoms with E-state index in [9.17, 15) is 9.59 Å². The molecule has 3 nitrogen and oxygen atoms in total. The number of allylic oxidation sites excluding steroid dienone is 1. The molecule has 3 rings (SSSR count). The van der Waals surface area contributed by atoms with E-state index in [1.165, 1.54) is 17.5 Å². The minimum atomic E-state index is -0.377. The van der Waals surface area contributed by atoms with Gasteiger partial charge < -0.3 is 4.74 Å². The van der Waals surface area contributed by atoms with Gasteiger partial charge in [0.15, 0.2) is 6.29 Å². The second kappa shape index (κ2) is 7.98. The summed E-state index contributed by atoms with van der Waals surface area (Å²) in [5.41, 5.74) is 5.72. The molecule has 0 amide bonds. The average molecular weight is 391 g/mol. The van der Waals surface area contributed by atoms with E-state index in [0.29, 0.717) is 23.3 Å². The molecule has 0 heterocycles. The summed E-state index contributed by atoms with van der Waals surface area (Å²) in [5, 5.41) is 0. The number of carbonyl (C=O) groups excluding carboxylic acids is 2. The van der Waals surface area contributed by atoms with Gasteiger partial charge in [0.05, 0.1) is 12.2 Å². The molecule has 0 aliphatic heterocycles. The molecule has 0 saturated carbocycles. The van der Waals surface area contributed by atoms with Gasteiger partial charge in [-0.3, -0.25) is 4.79 Å². The smallest absolute Gasteiger partial charge is 0.338 e. The van der Waals surface area contributed by atoms with Crippen LogP contribution in [0.5, 0.6) is 0 Å². The van der Waals surface area contributed by atoms with E-state index >= 15 is 0 Å². The first-order chi connectivity index (χ1) is 13.7. The molecule has 0 radical (unpaired) electrons. The number of hydrogen-bond donors (Lipinski definition) is 0. The van der Waals surface area contributed by atoms with Crippen LogP contribution in [0.15, 0.2) is 42.5 Å². The van der Waals surface area contributed by atoms with E-state index in [1.54, 1.807) is 25.1 Å². The van der Waals surface area contributed by atoms with Crippen LogP contribution in [0.3, 0.4) is 0 Å².